The highest BCUT2D eigenvalue weighted by atomic mass is 16.5. The van der Waals surface area contributed by atoms with Gasteiger partial charge in [0.05, 0.1) is 12.3 Å². The fourth-order valence-corrected chi connectivity index (χ4v) is 1.80. The van der Waals surface area contributed by atoms with E-state index in [9.17, 15) is 9.59 Å². The minimum absolute atomic E-state index is 0.130. The van der Waals surface area contributed by atoms with Gasteiger partial charge in [0, 0.05) is 24.5 Å². The van der Waals surface area contributed by atoms with Crippen molar-refractivity contribution >= 4 is 17.6 Å². The molecule has 110 valence electrons. The predicted molar refractivity (Wildman–Crippen MR) is 77.9 cm³/mol. The predicted octanol–water partition coefficient (Wildman–Crippen LogP) is 2.16. The highest BCUT2D eigenvalue weighted by Crippen LogP contribution is 2.11. The highest BCUT2D eigenvalue weighted by Gasteiger charge is 2.11. The number of aryl methyl sites for hydroxylation is 1. The first-order valence-corrected chi connectivity index (χ1v) is 6.74. The van der Waals surface area contributed by atoms with Gasteiger partial charge < -0.3 is 15.0 Å². The highest BCUT2D eigenvalue weighted by molar-refractivity contribution is 5.94. The maximum atomic E-state index is 11.8. The number of esters is 1. The number of ether oxygens (including phenoxy) is 1. The van der Waals surface area contributed by atoms with Gasteiger partial charge in [0.25, 0.3) is 0 Å². The van der Waals surface area contributed by atoms with E-state index >= 15 is 0 Å². The lowest BCUT2D eigenvalue weighted by atomic mass is 10.2. The van der Waals surface area contributed by atoms with Gasteiger partial charge in [-0.3, -0.25) is 9.78 Å². The molecule has 2 rings (SSSR count). The van der Waals surface area contributed by atoms with Crippen molar-refractivity contribution in [2.45, 2.75) is 19.8 Å². The van der Waals surface area contributed by atoms with Crippen LogP contribution in [0.1, 0.15) is 29.5 Å². The normalized spacial score (nSPS) is 10.1. The Labute approximate surface area is 122 Å². The van der Waals surface area contributed by atoms with Crippen molar-refractivity contribution in [3.05, 3.63) is 48.0 Å². The Kier molecular flexibility index (Phi) is 5.09. The maximum absolute atomic E-state index is 11.8. The van der Waals surface area contributed by atoms with Crippen LogP contribution in [0.5, 0.6) is 0 Å². The average molecular weight is 287 g/mol. The van der Waals surface area contributed by atoms with E-state index in [1.165, 1.54) is 0 Å². The molecule has 2 heterocycles. The summed E-state index contributed by atoms with van der Waals surface area (Å²) in [6.07, 6.45) is 4.16. The molecule has 0 aliphatic carbocycles. The number of anilines is 1. The van der Waals surface area contributed by atoms with Crippen LogP contribution in [0.2, 0.25) is 0 Å². The largest absolute Gasteiger partial charge is 0.461 e. The second-order valence-electron chi connectivity index (χ2n) is 4.39. The Balaban J connectivity index is 1.84. The molecule has 0 saturated heterocycles. The molecule has 2 aromatic heterocycles. The molecule has 0 saturated carbocycles. The van der Waals surface area contributed by atoms with Crippen molar-refractivity contribution in [3.63, 3.8) is 0 Å². The first-order chi connectivity index (χ1) is 10.2. The minimum atomic E-state index is -0.438. The third-order valence-corrected chi connectivity index (χ3v) is 2.80. The van der Waals surface area contributed by atoms with E-state index in [2.05, 4.69) is 15.3 Å². The quantitative estimate of drug-likeness (QED) is 0.797. The van der Waals surface area contributed by atoms with Crippen LogP contribution in [0.15, 0.2) is 36.7 Å². The smallest absolute Gasteiger partial charge is 0.354 e. The molecule has 0 fully saturated rings. The van der Waals surface area contributed by atoms with E-state index in [4.69, 9.17) is 4.74 Å². The van der Waals surface area contributed by atoms with Crippen molar-refractivity contribution < 1.29 is 14.3 Å². The van der Waals surface area contributed by atoms with Crippen LogP contribution in [-0.4, -0.2) is 28.5 Å². The minimum Gasteiger partial charge on any atom is -0.461 e. The van der Waals surface area contributed by atoms with Gasteiger partial charge in [-0.1, -0.05) is 6.07 Å². The van der Waals surface area contributed by atoms with Gasteiger partial charge in [-0.15, -0.1) is 0 Å². The second kappa shape index (κ2) is 7.23. The Morgan fingerprint density at radius 3 is 2.95 bits per heavy atom. The number of nitrogens with one attached hydrogen (secondary N) is 2. The van der Waals surface area contributed by atoms with Crippen LogP contribution in [0.25, 0.3) is 0 Å². The number of carbonyl (C=O) groups is 2. The lowest BCUT2D eigenvalue weighted by Gasteiger charge is -2.02. The molecular weight excluding hydrogens is 270 g/mol. The summed E-state index contributed by atoms with van der Waals surface area (Å²) in [5.74, 6) is -0.568. The number of rotatable bonds is 6. The summed E-state index contributed by atoms with van der Waals surface area (Å²) in [5, 5.41) is 2.72. The van der Waals surface area contributed by atoms with Gasteiger partial charge in [-0.25, -0.2) is 4.79 Å². The standard InChI is InChI=1S/C15H17N3O3/c1-2-21-15(20)13-9-12(10-17-13)18-14(19)7-6-11-5-3-4-8-16-11/h3-5,8-10,17H,2,6-7H2,1H3,(H,18,19). The van der Waals surface area contributed by atoms with Gasteiger partial charge in [0.15, 0.2) is 0 Å². The van der Waals surface area contributed by atoms with Gasteiger partial charge in [0.2, 0.25) is 5.91 Å². The number of nitrogens with zero attached hydrogens (tertiary/aromatic N) is 1. The molecule has 2 N–H and O–H groups in total. The number of amides is 1. The first-order valence-electron chi connectivity index (χ1n) is 6.74. The van der Waals surface area contributed by atoms with Gasteiger partial charge in [-0.05, 0) is 31.5 Å². The van der Waals surface area contributed by atoms with E-state index in [-0.39, 0.29) is 5.91 Å². The zero-order valence-electron chi connectivity index (χ0n) is 11.8. The zero-order chi connectivity index (χ0) is 15.1. The van der Waals surface area contributed by atoms with Crippen molar-refractivity contribution in [1.29, 1.82) is 0 Å². The van der Waals surface area contributed by atoms with E-state index in [0.717, 1.165) is 5.69 Å². The van der Waals surface area contributed by atoms with Gasteiger partial charge in [-0.2, -0.15) is 0 Å². The molecule has 6 heteroatoms. The summed E-state index contributed by atoms with van der Waals surface area (Å²) < 4.78 is 4.86. The molecule has 0 atom stereocenters. The molecule has 0 aliphatic heterocycles. The molecule has 1 amide bonds. The monoisotopic (exact) mass is 287 g/mol. The molecule has 0 spiro atoms. The molecule has 0 aliphatic rings. The SMILES string of the molecule is CCOC(=O)c1cc(NC(=O)CCc2ccccn2)c[nH]1. The number of H-pyrrole nitrogens is 1. The van der Waals surface area contributed by atoms with Crippen molar-refractivity contribution in [2.24, 2.45) is 0 Å². The molecule has 0 radical (unpaired) electrons. The van der Waals surface area contributed by atoms with Crippen molar-refractivity contribution in [2.75, 3.05) is 11.9 Å². The van der Waals surface area contributed by atoms with Crippen LogP contribution < -0.4 is 5.32 Å². The first kappa shape index (κ1) is 14.8. The third kappa shape index (κ3) is 4.45. The molecule has 2 aromatic rings. The third-order valence-electron chi connectivity index (χ3n) is 2.80. The van der Waals surface area contributed by atoms with E-state index in [1.54, 1.807) is 25.4 Å². The van der Waals surface area contributed by atoms with E-state index in [1.807, 2.05) is 18.2 Å². The fraction of sp³-hybridized carbons (Fsp3) is 0.267. The summed E-state index contributed by atoms with van der Waals surface area (Å²) >= 11 is 0. The summed E-state index contributed by atoms with van der Waals surface area (Å²) in [4.78, 5) is 30.2. The summed E-state index contributed by atoms with van der Waals surface area (Å²) in [7, 11) is 0. The second-order valence-corrected chi connectivity index (χ2v) is 4.39. The van der Waals surface area contributed by atoms with E-state index in [0.29, 0.717) is 30.8 Å². The maximum Gasteiger partial charge on any atom is 0.354 e. The van der Waals surface area contributed by atoms with E-state index < -0.39 is 5.97 Å². The Hall–Kier alpha value is -2.63. The molecule has 0 unspecified atom stereocenters. The van der Waals surface area contributed by atoms with Crippen LogP contribution >= 0.6 is 0 Å². The summed E-state index contributed by atoms with van der Waals surface area (Å²) in [6.45, 7) is 2.05. The number of aromatic amines is 1. The van der Waals surface area contributed by atoms with Crippen LogP contribution in [0.4, 0.5) is 5.69 Å². The van der Waals surface area contributed by atoms with Crippen molar-refractivity contribution in [1.82, 2.24) is 9.97 Å². The van der Waals surface area contributed by atoms with Crippen LogP contribution in [-0.2, 0) is 16.0 Å². The average Bonchev–Trinajstić information content (AvgIpc) is 2.95. The van der Waals surface area contributed by atoms with Crippen molar-refractivity contribution in [3.8, 4) is 0 Å². The molecule has 21 heavy (non-hydrogen) atoms. The molecule has 0 aromatic carbocycles. The topological polar surface area (TPSA) is 84.1 Å². The molecular formula is C15H17N3O3. The lowest BCUT2D eigenvalue weighted by molar-refractivity contribution is -0.116. The number of pyridine rings is 1. The zero-order valence-corrected chi connectivity index (χ0v) is 11.8. The molecule has 0 bridgehead atoms. The Morgan fingerprint density at radius 1 is 1.38 bits per heavy atom. The fourth-order valence-electron chi connectivity index (χ4n) is 1.80. The Bertz CT molecular complexity index is 608. The number of carbonyl (C=O) groups excluding carboxylic acids is 2. The summed E-state index contributed by atoms with van der Waals surface area (Å²) in [6, 6.07) is 7.15. The Morgan fingerprint density at radius 2 is 2.24 bits per heavy atom. The van der Waals surface area contributed by atoms with Crippen LogP contribution in [0.3, 0.4) is 0 Å². The lowest BCUT2D eigenvalue weighted by Crippen LogP contribution is -2.12. The number of hydrogen-bond acceptors (Lipinski definition) is 4. The van der Waals surface area contributed by atoms with Crippen LogP contribution in [0, 0.1) is 0 Å². The van der Waals surface area contributed by atoms with Gasteiger partial charge >= 0.3 is 5.97 Å². The number of aromatic nitrogens is 2. The summed E-state index contributed by atoms with van der Waals surface area (Å²) in [5.41, 5.74) is 1.73. The van der Waals surface area contributed by atoms with Gasteiger partial charge in [0.1, 0.15) is 5.69 Å². The molecule has 6 nitrogen and oxygen atoms in total. The number of hydrogen-bond donors (Lipinski definition) is 2.